The predicted molar refractivity (Wildman–Crippen MR) is 123 cm³/mol. The Morgan fingerprint density at radius 1 is 1.00 bits per heavy atom. The van der Waals surface area contributed by atoms with Gasteiger partial charge in [0.25, 0.3) is 0 Å². The van der Waals surface area contributed by atoms with Crippen molar-refractivity contribution in [3.05, 3.63) is 36.4 Å². The molecule has 0 aliphatic carbocycles. The lowest BCUT2D eigenvalue weighted by atomic mass is 10.1. The second kappa shape index (κ2) is 10.8. The lowest BCUT2D eigenvalue weighted by molar-refractivity contribution is -0.113. The SMILES string of the molecule is CCn1c(SCC(=O)Nc2cccc(OC)c2)nnc1-c1cc(OC)c(OC)c(OC)c1. The summed E-state index contributed by atoms with van der Waals surface area (Å²) < 4.78 is 23.4. The molecule has 0 fully saturated rings. The quantitative estimate of drug-likeness (QED) is 0.459. The first-order chi connectivity index (χ1) is 15.5. The molecule has 0 atom stereocenters. The summed E-state index contributed by atoms with van der Waals surface area (Å²) in [6.45, 7) is 2.62. The first-order valence-corrected chi connectivity index (χ1v) is 10.8. The standard InChI is InChI=1S/C22H26N4O5S/c1-6-26-21(14-10-17(29-3)20(31-5)18(11-14)30-4)24-25-22(26)32-13-19(27)23-15-8-7-9-16(12-15)28-2/h7-12H,6,13H2,1-5H3,(H,23,27). The highest BCUT2D eigenvalue weighted by molar-refractivity contribution is 7.99. The molecule has 170 valence electrons. The van der Waals surface area contributed by atoms with E-state index in [1.54, 1.807) is 34.5 Å². The Morgan fingerprint density at radius 3 is 2.31 bits per heavy atom. The van der Waals surface area contributed by atoms with Crippen LogP contribution in [0.25, 0.3) is 11.4 Å². The Kier molecular flexibility index (Phi) is 7.82. The van der Waals surface area contributed by atoms with Gasteiger partial charge in [-0.25, -0.2) is 0 Å². The van der Waals surface area contributed by atoms with E-state index in [1.165, 1.54) is 11.8 Å². The molecule has 1 amide bonds. The molecule has 0 spiro atoms. The van der Waals surface area contributed by atoms with E-state index in [9.17, 15) is 4.79 Å². The fourth-order valence-corrected chi connectivity index (χ4v) is 3.93. The van der Waals surface area contributed by atoms with E-state index >= 15 is 0 Å². The highest BCUT2D eigenvalue weighted by Crippen LogP contribution is 2.41. The van der Waals surface area contributed by atoms with Crippen molar-refractivity contribution in [1.82, 2.24) is 14.8 Å². The topological polar surface area (TPSA) is 96.7 Å². The fraction of sp³-hybridized carbons (Fsp3) is 0.318. The summed E-state index contributed by atoms with van der Waals surface area (Å²) in [5.41, 5.74) is 1.44. The van der Waals surface area contributed by atoms with Crippen LogP contribution in [0.15, 0.2) is 41.6 Å². The van der Waals surface area contributed by atoms with Crippen LogP contribution in [0.4, 0.5) is 5.69 Å². The van der Waals surface area contributed by atoms with Crippen molar-refractivity contribution in [1.29, 1.82) is 0 Å². The van der Waals surface area contributed by atoms with Gasteiger partial charge in [-0.15, -0.1) is 10.2 Å². The molecule has 0 unspecified atom stereocenters. The van der Waals surface area contributed by atoms with E-state index in [0.29, 0.717) is 46.2 Å². The van der Waals surface area contributed by atoms with Gasteiger partial charge in [-0.1, -0.05) is 17.8 Å². The van der Waals surface area contributed by atoms with Crippen LogP contribution in [0.3, 0.4) is 0 Å². The number of nitrogens with zero attached hydrogens (tertiary/aromatic N) is 3. The number of amides is 1. The number of anilines is 1. The van der Waals surface area contributed by atoms with Crippen molar-refractivity contribution in [2.24, 2.45) is 0 Å². The van der Waals surface area contributed by atoms with Crippen molar-refractivity contribution < 1.29 is 23.7 Å². The molecule has 1 heterocycles. The van der Waals surface area contributed by atoms with Gasteiger partial charge in [0.1, 0.15) is 5.75 Å². The maximum absolute atomic E-state index is 12.4. The minimum absolute atomic E-state index is 0.150. The Bertz CT molecular complexity index is 1060. The van der Waals surface area contributed by atoms with Crippen molar-refractivity contribution >= 4 is 23.4 Å². The molecule has 2 aromatic carbocycles. The van der Waals surface area contributed by atoms with E-state index < -0.39 is 0 Å². The average Bonchev–Trinajstić information content (AvgIpc) is 3.24. The Hall–Kier alpha value is -3.40. The van der Waals surface area contributed by atoms with E-state index in [4.69, 9.17) is 18.9 Å². The first kappa shape index (κ1) is 23.3. The zero-order chi connectivity index (χ0) is 23.1. The molecular formula is C22H26N4O5S. The van der Waals surface area contributed by atoms with Crippen LogP contribution < -0.4 is 24.3 Å². The largest absolute Gasteiger partial charge is 0.497 e. The molecule has 0 saturated carbocycles. The number of carbonyl (C=O) groups is 1. The maximum Gasteiger partial charge on any atom is 0.234 e. The fourth-order valence-electron chi connectivity index (χ4n) is 3.13. The number of rotatable bonds is 10. The van der Waals surface area contributed by atoms with Crippen LogP contribution in [0.1, 0.15) is 6.92 Å². The third-order valence-corrected chi connectivity index (χ3v) is 5.61. The van der Waals surface area contributed by atoms with Gasteiger partial charge in [0.2, 0.25) is 11.7 Å². The minimum atomic E-state index is -0.150. The zero-order valence-electron chi connectivity index (χ0n) is 18.7. The molecule has 32 heavy (non-hydrogen) atoms. The number of thioether (sulfide) groups is 1. The molecule has 0 radical (unpaired) electrons. The van der Waals surface area contributed by atoms with E-state index in [2.05, 4.69) is 15.5 Å². The highest BCUT2D eigenvalue weighted by atomic mass is 32.2. The second-order valence-corrected chi connectivity index (χ2v) is 7.48. The van der Waals surface area contributed by atoms with Crippen molar-refractivity contribution in [2.75, 3.05) is 39.5 Å². The normalized spacial score (nSPS) is 10.5. The number of hydrogen-bond acceptors (Lipinski definition) is 8. The van der Waals surface area contributed by atoms with Gasteiger partial charge in [-0.2, -0.15) is 0 Å². The van der Waals surface area contributed by atoms with Crippen molar-refractivity contribution in [3.63, 3.8) is 0 Å². The third-order valence-electron chi connectivity index (χ3n) is 4.64. The summed E-state index contributed by atoms with van der Waals surface area (Å²) in [5.74, 6) is 2.91. The molecule has 0 aliphatic heterocycles. The van der Waals surface area contributed by atoms with Gasteiger partial charge in [0.05, 0.1) is 34.2 Å². The molecule has 3 rings (SSSR count). The number of benzene rings is 2. The van der Waals surface area contributed by atoms with Gasteiger partial charge in [0.15, 0.2) is 22.5 Å². The molecule has 1 aromatic heterocycles. The number of aromatic nitrogens is 3. The molecule has 3 aromatic rings. The minimum Gasteiger partial charge on any atom is -0.497 e. The molecule has 0 aliphatic rings. The van der Waals surface area contributed by atoms with E-state index in [0.717, 1.165) is 5.56 Å². The molecular weight excluding hydrogens is 432 g/mol. The van der Waals surface area contributed by atoms with Gasteiger partial charge < -0.3 is 28.8 Å². The number of hydrogen-bond donors (Lipinski definition) is 1. The third kappa shape index (κ3) is 5.08. The number of ether oxygens (including phenoxy) is 4. The molecule has 1 N–H and O–H groups in total. The lowest BCUT2D eigenvalue weighted by Crippen LogP contribution is -2.14. The summed E-state index contributed by atoms with van der Waals surface area (Å²) in [5, 5.41) is 12.1. The van der Waals surface area contributed by atoms with Crippen LogP contribution >= 0.6 is 11.8 Å². The lowest BCUT2D eigenvalue weighted by Gasteiger charge is -2.14. The molecule has 10 heteroatoms. The zero-order valence-corrected chi connectivity index (χ0v) is 19.5. The van der Waals surface area contributed by atoms with Gasteiger partial charge in [-0.3, -0.25) is 4.79 Å². The molecule has 9 nitrogen and oxygen atoms in total. The number of carbonyl (C=O) groups excluding carboxylic acids is 1. The van der Waals surface area contributed by atoms with Crippen LogP contribution in [0.5, 0.6) is 23.0 Å². The smallest absolute Gasteiger partial charge is 0.234 e. The average molecular weight is 459 g/mol. The molecule has 0 saturated heterocycles. The Balaban J connectivity index is 1.78. The Morgan fingerprint density at radius 2 is 1.72 bits per heavy atom. The second-order valence-electron chi connectivity index (χ2n) is 6.53. The number of methoxy groups -OCH3 is 4. The number of nitrogens with one attached hydrogen (secondary N) is 1. The summed E-state index contributed by atoms with van der Waals surface area (Å²) >= 11 is 1.31. The molecule has 0 bridgehead atoms. The van der Waals surface area contributed by atoms with Crippen LogP contribution in [-0.2, 0) is 11.3 Å². The van der Waals surface area contributed by atoms with Gasteiger partial charge in [0, 0.05) is 23.9 Å². The maximum atomic E-state index is 12.4. The highest BCUT2D eigenvalue weighted by Gasteiger charge is 2.19. The van der Waals surface area contributed by atoms with Crippen LogP contribution in [0, 0.1) is 0 Å². The van der Waals surface area contributed by atoms with Gasteiger partial charge in [-0.05, 0) is 31.2 Å². The van der Waals surface area contributed by atoms with E-state index in [-0.39, 0.29) is 11.7 Å². The summed E-state index contributed by atoms with van der Waals surface area (Å²) in [6.07, 6.45) is 0. The van der Waals surface area contributed by atoms with Crippen LogP contribution in [-0.4, -0.2) is 54.9 Å². The van der Waals surface area contributed by atoms with Crippen molar-refractivity contribution in [3.8, 4) is 34.4 Å². The first-order valence-electron chi connectivity index (χ1n) is 9.84. The van der Waals surface area contributed by atoms with Gasteiger partial charge >= 0.3 is 0 Å². The van der Waals surface area contributed by atoms with Crippen molar-refractivity contribution in [2.45, 2.75) is 18.6 Å². The van der Waals surface area contributed by atoms with E-state index in [1.807, 2.05) is 41.8 Å². The predicted octanol–water partition coefficient (Wildman–Crippen LogP) is 3.73. The monoisotopic (exact) mass is 458 g/mol. The van der Waals surface area contributed by atoms with Crippen LogP contribution in [0.2, 0.25) is 0 Å². The summed E-state index contributed by atoms with van der Waals surface area (Å²) in [6, 6.07) is 10.8. The Labute approximate surface area is 191 Å². The summed E-state index contributed by atoms with van der Waals surface area (Å²) in [4.78, 5) is 12.4. The summed E-state index contributed by atoms with van der Waals surface area (Å²) in [7, 11) is 6.27.